The van der Waals surface area contributed by atoms with Gasteiger partial charge < -0.3 is 10.2 Å². The second-order valence-corrected chi connectivity index (χ2v) is 7.25. The maximum absolute atomic E-state index is 13.3. The summed E-state index contributed by atoms with van der Waals surface area (Å²) < 4.78 is 1.62. The number of amides is 2. The average Bonchev–Trinajstić information content (AvgIpc) is 3.17. The molecule has 0 saturated carbocycles. The van der Waals surface area contributed by atoms with E-state index in [2.05, 4.69) is 10.4 Å². The largest absolute Gasteiger partial charge is 0.314 e. The molecule has 1 atom stereocenters. The van der Waals surface area contributed by atoms with Crippen LogP contribution < -0.4 is 10.2 Å². The van der Waals surface area contributed by atoms with Crippen LogP contribution >= 0.6 is 11.6 Å². The van der Waals surface area contributed by atoms with Crippen LogP contribution in [-0.4, -0.2) is 28.6 Å². The Morgan fingerprint density at radius 3 is 2.74 bits per heavy atom. The van der Waals surface area contributed by atoms with Gasteiger partial charge in [0.1, 0.15) is 11.2 Å². The van der Waals surface area contributed by atoms with E-state index in [4.69, 9.17) is 11.6 Å². The van der Waals surface area contributed by atoms with E-state index in [1.54, 1.807) is 35.0 Å². The number of hydrogen-bond acceptors (Lipinski definition) is 3. The normalized spacial score (nSPS) is 20.6. The summed E-state index contributed by atoms with van der Waals surface area (Å²) in [6.45, 7) is 0. The van der Waals surface area contributed by atoms with Gasteiger partial charge >= 0.3 is 0 Å². The van der Waals surface area contributed by atoms with Gasteiger partial charge in [0.05, 0.1) is 11.9 Å². The first-order chi connectivity index (χ1) is 13.0. The van der Waals surface area contributed by atoms with E-state index >= 15 is 0 Å². The summed E-state index contributed by atoms with van der Waals surface area (Å²) in [5.41, 5.74) is 2.01. The molecule has 2 aromatic carbocycles. The van der Waals surface area contributed by atoms with Crippen molar-refractivity contribution >= 4 is 34.9 Å². The first kappa shape index (κ1) is 16.1. The highest BCUT2D eigenvalue weighted by atomic mass is 35.5. The minimum Gasteiger partial charge on any atom is -0.314 e. The van der Waals surface area contributed by atoms with Crippen LogP contribution in [0.5, 0.6) is 0 Å². The maximum atomic E-state index is 13.3. The number of aromatic nitrogens is 2. The van der Waals surface area contributed by atoms with Gasteiger partial charge in [-0.05, 0) is 29.8 Å². The van der Waals surface area contributed by atoms with E-state index in [1.807, 2.05) is 36.4 Å². The first-order valence-corrected chi connectivity index (χ1v) is 8.92. The van der Waals surface area contributed by atoms with Gasteiger partial charge in [0.2, 0.25) is 11.8 Å². The van der Waals surface area contributed by atoms with Crippen molar-refractivity contribution in [3.05, 3.63) is 70.9 Å². The summed E-state index contributed by atoms with van der Waals surface area (Å²) in [6.07, 6.45) is 1.73. The van der Waals surface area contributed by atoms with Gasteiger partial charge in [-0.2, -0.15) is 5.10 Å². The third-order valence-electron chi connectivity index (χ3n) is 5.36. The first-order valence-electron chi connectivity index (χ1n) is 8.54. The van der Waals surface area contributed by atoms with Crippen molar-refractivity contribution in [2.75, 3.05) is 17.3 Å². The van der Waals surface area contributed by atoms with Gasteiger partial charge in [0, 0.05) is 29.7 Å². The van der Waals surface area contributed by atoms with Crippen molar-refractivity contribution in [3.8, 4) is 5.69 Å². The predicted molar refractivity (Wildman–Crippen MR) is 102 cm³/mol. The molecule has 134 valence electrons. The van der Waals surface area contributed by atoms with Crippen molar-refractivity contribution in [1.82, 2.24) is 9.78 Å². The molecule has 3 heterocycles. The van der Waals surface area contributed by atoms with E-state index in [-0.39, 0.29) is 18.2 Å². The standard InChI is InChI=1S/C20H15ClN4O2/c1-24-16-8-3-2-7-14(16)20(19(24)27)10-17(26)23-18-15(20)11-22-25(18)13-6-4-5-12(21)9-13/h2-9,11H,10H2,1H3,(H,23,26). The minimum absolute atomic E-state index is 0.0570. The highest BCUT2D eigenvalue weighted by Gasteiger charge is 2.56. The molecule has 1 aromatic heterocycles. The molecule has 0 fully saturated rings. The minimum atomic E-state index is -1.06. The number of para-hydroxylation sites is 1. The molecule has 1 unspecified atom stereocenters. The van der Waals surface area contributed by atoms with Crippen LogP contribution in [-0.2, 0) is 15.0 Å². The fourth-order valence-corrected chi connectivity index (χ4v) is 4.35. The smallest absolute Gasteiger partial charge is 0.242 e. The molecule has 2 aliphatic rings. The Morgan fingerprint density at radius 2 is 1.93 bits per heavy atom. The van der Waals surface area contributed by atoms with E-state index in [9.17, 15) is 9.59 Å². The van der Waals surface area contributed by atoms with Gasteiger partial charge in [-0.1, -0.05) is 35.9 Å². The summed E-state index contributed by atoms with van der Waals surface area (Å²) in [7, 11) is 1.74. The number of likely N-dealkylation sites (N-methyl/N-ethyl adjacent to an activating group) is 1. The predicted octanol–water partition coefficient (Wildman–Crippen LogP) is 3.13. The lowest BCUT2D eigenvalue weighted by Crippen LogP contribution is -2.45. The molecule has 2 aliphatic heterocycles. The molecule has 0 bridgehead atoms. The van der Waals surface area contributed by atoms with Gasteiger partial charge in [0.15, 0.2) is 0 Å². The molecule has 0 radical (unpaired) electrons. The van der Waals surface area contributed by atoms with Crippen molar-refractivity contribution in [2.24, 2.45) is 0 Å². The van der Waals surface area contributed by atoms with Crippen LogP contribution in [0.1, 0.15) is 17.5 Å². The van der Waals surface area contributed by atoms with Crippen molar-refractivity contribution in [1.29, 1.82) is 0 Å². The Kier molecular flexibility index (Phi) is 3.24. The van der Waals surface area contributed by atoms with Crippen LogP contribution in [0.3, 0.4) is 0 Å². The molecule has 1 N–H and O–H groups in total. The van der Waals surface area contributed by atoms with E-state index in [1.165, 1.54) is 0 Å². The molecule has 3 aromatic rings. The number of rotatable bonds is 1. The summed E-state index contributed by atoms with van der Waals surface area (Å²) in [5, 5.41) is 7.92. The topological polar surface area (TPSA) is 67.2 Å². The summed E-state index contributed by atoms with van der Waals surface area (Å²) >= 11 is 6.11. The fourth-order valence-electron chi connectivity index (χ4n) is 4.17. The van der Waals surface area contributed by atoms with Crippen LogP contribution in [0.2, 0.25) is 5.02 Å². The SMILES string of the molecule is CN1C(=O)C2(CC(=O)Nc3c2cnn3-c2cccc(Cl)c2)c2ccccc21. The molecule has 6 nitrogen and oxygen atoms in total. The monoisotopic (exact) mass is 378 g/mol. The second kappa shape index (κ2) is 5.44. The Bertz CT molecular complexity index is 1120. The molecule has 1 spiro atoms. The zero-order valence-electron chi connectivity index (χ0n) is 14.4. The molecule has 7 heteroatoms. The third kappa shape index (κ3) is 2.04. The molecule has 2 amide bonds. The lowest BCUT2D eigenvalue weighted by atomic mass is 9.72. The van der Waals surface area contributed by atoms with Gasteiger partial charge in [-0.15, -0.1) is 0 Å². The van der Waals surface area contributed by atoms with Crippen molar-refractivity contribution in [2.45, 2.75) is 11.8 Å². The number of fused-ring (bicyclic) bond motifs is 4. The van der Waals surface area contributed by atoms with Crippen LogP contribution in [0.25, 0.3) is 5.69 Å². The van der Waals surface area contributed by atoms with E-state index in [0.717, 1.165) is 11.3 Å². The van der Waals surface area contributed by atoms with E-state index in [0.29, 0.717) is 22.1 Å². The number of nitrogens with one attached hydrogen (secondary N) is 1. The number of anilines is 2. The second-order valence-electron chi connectivity index (χ2n) is 6.81. The number of carbonyl (C=O) groups excluding carboxylic acids is 2. The number of nitrogens with zero attached hydrogens (tertiary/aromatic N) is 3. The molecular formula is C20H15ClN4O2. The third-order valence-corrected chi connectivity index (χ3v) is 5.60. The summed E-state index contributed by atoms with van der Waals surface area (Å²) in [6, 6.07) is 14.8. The summed E-state index contributed by atoms with van der Waals surface area (Å²) in [4.78, 5) is 27.6. The maximum Gasteiger partial charge on any atom is 0.242 e. The van der Waals surface area contributed by atoms with Crippen molar-refractivity contribution in [3.63, 3.8) is 0 Å². The zero-order valence-corrected chi connectivity index (χ0v) is 15.2. The van der Waals surface area contributed by atoms with Crippen LogP contribution in [0.15, 0.2) is 54.7 Å². The van der Waals surface area contributed by atoms with E-state index < -0.39 is 5.41 Å². The molecule has 5 rings (SSSR count). The highest BCUT2D eigenvalue weighted by molar-refractivity contribution is 6.30. The molecule has 0 saturated heterocycles. The summed E-state index contributed by atoms with van der Waals surface area (Å²) in [5.74, 6) is 0.169. The lowest BCUT2D eigenvalue weighted by Gasteiger charge is -2.32. The highest BCUT2D eigenvalue weighted by Crippen LogP contribution is 2.51. The Labute approximate surface area is 160 Å². The Morgan fingerprint density at radius 1 is 1.11 bits per heavy atom. The number of benzene rings is 2. The van der Waals surface area contributed by atoms with Gasteiger partial charge in [0.25, 0.3) is 0 Å². The number of carbonyl (C=O) groups is 2. The Hall–Kier alpha value is -3.12. The van der Waals surface area contributed by atoms with Crippen LogP contribution in [0.4, 0.5) is 11.5 Å². The molecule has 0 aliphatic carbocycles. The Balaban J connectivity index is 1.78. The van der Waals surface area contributed by atoms with Crippen molar-refractivity contribution < 1.29 is 9.59 Å². The number of halogens is 1. The van der Waals surface area contributed by atoms with Crippen LogP contribution in [0, 0.1) is 0 Å². The number of hydrogen-bond donors (Lipinski definition) is 1. The van der Waals surface area contributed by atoms with Gasteiger partial charge in [-0.25, -0.2) is 4.68 Å². The van der Waals surface area contributed by atoms with Gasteiger partial charge in [-0.3, -0.25) is 9.59 Å². The zero-order chi connectivity index (χ0) is 18.8. The fraction of sp³-hybridized carbons (Fsp3) is 0.150. The molecular weight excluding hydrogens is 364 g/mol. The lowest BCUT2D eigenvalue weighted by molar-refractivity contribution is -0.126. The quantitative estimate of drug-likeness (QED) is 0.707. The average molecular weight is 379 g/mol. The molecule has 27 heavy (non-hydrogen) atoms.